The minimum atomic E-state index is 1.27. The van der Waals surface area contributed by atoms with E-state index in [1.807, 2.05) is 13.0 Å². The van der Waals surface area contributed by atoms with Crippen molar-refractivity contribution < 1.29 is 0 Å². The van der Waals surface area contributed by atoms with Crippen LogP contribution in [0.25, 0.3) is 0 Å². The van der Waals surface area contributed by atoms with Crippen LogP contribution in [-0.4, -0.2) is 10.8 Å². The molecule has 0 aliphatic carbocycles. The van der Waals surface area contributed by atoms with Gasteiger partial charge in [0, 0.05) is 17.5 Å². The molecule has 0 fully saturated rings. The van der Waals surface area contributed by atoms with E-state index in [1.165, 1.54) is 22.8 Å². The Balaban J connectivity index is 0.000000222. The largest absolute Gasteiger partial charge is 0.201 e. The third-order valence-electron chi connectivity index (χ3n) is 0.567. The summed E-state index contributed by atoms with van der Waals surface area (Å²) < 4.78 is 3.86. The highest BCUT2D eigenvalue weighted by Gasteiger charge is 1.76. The molecule has 0 radical (unpaired) electrons. The molecule has 0 aliphatic heterocycles. The Morgan fingerprint density at radius 3 is 2.38 bits per heavy atom. The maximum absolute atomic E-state index is 4.64. The molecule has 0 bridgehead atoms. The van der Waals surface area contributed by atoms with Gasteiger partial charge in [-0.05, 0) is 24.5 Å². The van der Waals surface area contributed by atoms with Crippen LogP contribution in [0.5, 0.6) is 0 Å². The van der Waals surface area contributed by atoms with Crippen molar-refractivity contribution in [3.63, 3.8) is 0 Å². The van der Waals surface area contributed by atoms with Gasteiger partial charge < -0.3 is 0 Å². The van der Waals surface area contributed by atoms with E-state index in [9.17, 15) is 0 Å². The number of nitrogens with zero attached hydrogens (tertiary/aromatic N) is 1. The van der Waals surface area contributed by atoms with Crippen LogP contribution in [0, 0.1) is 6.92 Å². The summed E-state index contributed by atoms with van der Waals surface area (Å²) in [5.74, 6) is 0. The zero-order chi connectivity index (χ0) is 6.41. The molecule has 46 valence electrons. The minimum absolute atomic E-state index is 1.27. The molecule has 0 aliphatic rings. The van der Waals surface area contributed by atoms with Crippen molar-refractivity contribution in [2.24, 2.45) is 0 Å². The first-order valence-corrected chi connectivity index (χ1v) is 3.67. The van der Waals surface area contributed by atoms with Gasteiger partial charge in [-0.1, -0.05) is 0 Å². The van der Waals surface area contributed by atoms with Crippen molar-refractivity contribution in [3.05, 3.63) is 17.1 Å². The predicted octanol–water partition coefficient (Wildman–Crippen LogP) is 2.31. The Kier molecular flexibility index (Phi) is 5.01. The topological polar surface area (TPSA) is 12.9 Å². The van der Waals surface area contributed by atoms with Gasteiger partial charge in [0.25, 0.3) is 0 Å². The van der Waals surface area contributed by atoms with Crippen molar-refractivity contribution >= 4 is 23.1 Å². The molecular formula is C5H8ClNS. The van der Waals surface area contributed by atoms with E-state index in [2.05, 4.69) is 16.0 Å². The second-order valence-electron chi connectivity index (χ2n) is 1.12. The van der Waals surface area contributed by atoms with Gasteiger partial charge in [0.2, 0.25) is 0 Å². The van der Waals surface area contributed by atoms with E-state index < -0.39 is 0 Å². The normalized spacial score (nSPS) is 7.38. The number of hydrogen-bond acceptors (Lipinski definition) is 2. The summed E-state index contributed by atoms with van der Waals surface area (Å²) >= 11 is 6.17. The first-order chi connectivity index (χ1) is 3.89. The summed E-state index contributed by atoms with van der Waals surface area (Å²) in [5, 5.41) is 0. The average Bonchev–Trinajstić information content (AvgIpc) is 2.24. The third kappa shape index (κ3) is 2.99. The summed E-state index contributed by atoms with van der Waals surface area (Å²) in [6.07, 6.45) is 3.28. The SMILES string of the molecule is CCl.Cc1ccns1. The van der Waals surface area contributed by atoms with Crippen LogP contribution in [0.2, 0.25) is 0 Å². The lowest BCUT2D eigenvalue weighted by atomic mass is 10.6. The molecule has 0 spiro atoms. The predicted molar refractivity (Wildman–Crippen MR) is 38.6 cm³/mol. The van der Waals surface area contributed by atoms with E-state index >= 15 is 0 Å². The summed E-state index contributed by atoms with van der Waals surface area (Å²) in [4.78, 5) is 1.27. The van der Waals surface area contributed by atoms with Crippen molar-refractivity contribution in [3.8, 4) is 0 Å². The van der Waals surface area contributed by atoms with Gasteiger partial charge in [0.15, 0.2) is 0 Å². The highest BCUT2D eigenvalue weighted by Crippen LogP contribution is 1.98. The molecule has 0 aromatic carbocycles. The number of aryl methyl sites for hydroxylation is 1. The molecule has 0 unspecified atom stereocenters. The van der Waals surface area contributed by atoms with Crippen LogP contribution in [0.1, 0.15) is 4.88 Å². The lowest BCUT2D eigenvalue weighted by Crippen LogP contribution is -1.43. The van der Waals surface area contributed by atoms with Crippen LogP contribution in [0.4, 0.5) is 0 Å². The van der Waals surface area contributed by atoms with Crippen LogP contribution in [0.15, 0.2) is 12.3 Å². The number of aromatic nitrogens is 1. The Labute approximate surface area is 58.5 Å². The summed E-state index contributed by atoms with van der Waals surface area (Å²) in [5.41, 5.74) is 0. The number of rotatable bonds is 0. The Hall–Kier alpha value is -0.0800. The van der Waals surface area contributed by atoms with E-state index in [0.717, 1.165) is 0 Å². The van der Waals surface area contributed by atoms with Crippen LogP contribution in [0.3, 0.4) is 0 Å². The molecule has 0 saturated carbocycles. The van der Waals surface area contributed by atoms with Crippen molar-refractivity contribution in [2.75, 3.05) is 6.38 Å². The third-order valence-corrected chi connectivity index (χ3v) is 1.22. The summed E-state index contributed by atoms with van der Waals surface area (Å²) in [6.45, 7) is 2.04. The van der Waals surface area contributed by atoms with Gasteiger partial charge >= 0.3 is 0 Å². The van der Waals surface area contributed by atoms with Gasteiger partial charge in [-0.25, -0.2) is 4.37 Å². The van der Waals surface area contributed by atoms with E-state index in [-0.39, 0.29) is 0 Å². The van der Waals surface area contributed by atoms with Crippen molar-refractivity contribution in [2.45, 2.75) is 6.92 Å². The second kappa shape index (κ2) is 5.06. The van der Waals surface area contributed by atoms with Gasteiger partial charge in [0.05, 0.1) is 0 Å². The Morgan fingerprint density at radius 1 is 1.62 bits per heavy atom. The van der Waals surface area contributed by atoms with Crippen molar-refractivity contribution in [1.82, 2.24) is 4.37 Å². The Morgan fingerprint density at radius 2 is 2.25 bits per heavy atom. The fraction of sp³-hybridized carbons (Fsp3) is 0.400. The Bertz CT molecular complexity index is 116. The maximum Gasteiger partial charge on any atom is 0.0409 e. The molecule has 1 rings (SSSR count). The molecule has 0 amide bonds. The number of alkyl halides is 1. The highest BCUT2D eigenvalue weighted by molar-refractivity contribution is 7.05. The molecule has 1 aromatic heterocycles. The van der Waals surface area contributed by atoms with Crippen LogP contribution >= 0.6 is 23.1 Å². The van der Waals surface area contributed by atoms with E-state index in [4.69, 9.17) is 0 Å². The maximum atomic E-state index is 4.64. The summed E-state index contributed by atoms with van der Waals surface area (Å²) in [6, 6.07) is 1.99. The van der Waals surface area contributed by atoms with E-state index in [0.29, 0.717) is 0 Å². The quantitative estimate of drug-likeness (QED) is 0.516. The molecule has 0 saturated heterocycles. The fourth-order valence-electron chi connectivity index (χ4n) is 0.279. The lowest BCUT2D eigenvalue weighted by Gasteiger charge is -1.63. The molecular weight excluding hydrogens is 142 g/mol. The first-order valence-electron chi connectivity index (χ1n) is 2.14. The number of halogens is 1. The molecule has 1 nitrogen and oxygen atoms in total. The molecule has 8 heavy (non-hydrogen) atoms. The number of hydrogen-bond donors (Lipinski definition) is 0. The fourth-order valence-corrected chi connectivity index (χ4v) is 0.689. The average molecular weight is 150 g/mol. The standard InChI is InChI=1S/C4H5NS.CH3Cl/c1-4-2-3-5-6-4;1-2/h2-3H,1H3;1H3. The zero-order valence-corrected chi connectivity index (χ0v) is 6.46. The minimum Gasteiger partial charge on any atom is -0.201 e. The highest BCUT2D eigenvalue weighted by atomic mass is 35.5. The smallest absolute Gasteiger partial charge is 0.0409 e. The zero-order valence-electron chi connectivity index (χ0n) is 4.89. The molecule has 0 N–H and O–H groups in total. The first kappa shape index (κ1) is 7.92. The molecule has 1 heterocycles. The lowest BCUT2D eigenvalue weighted by molar-refractivity contribution is 1.57. The van der Waals surface area contributed by atoms with Gasteiger partial charge in [-0.15, -0.1) is 11.6 Å². The van der Waals surface area contributed by atoms with E-state index in [1.54, 1.807) is 6.20 Å². The van der Waals surface area contributed by atoms with Crippen LogP contribution < -0.4 is 0 Å². The monoisotopic (exact) mass is 149 g/mol. The van der Waals surface area contributed by atoms with Gasteiger partial charge in [-0.3, -0.25) is 0 Å². The molecule has 1 aromatic rings. The molecule has 0 atom stereocenters. The van der Waals surface area contributed by atoms with Gasteiger partial charge in [0.1, 0.15) is 0 Å². The van der Waals surface area contributed by atoms with Gasteiger partial charge in [-0.2, -0.15) is 0 Å². The van der Waals surface area contributed by atoms with Crippen LogP contribution in [-0.2, 0) is 0 Å². The van der Waals surface area contributed by atoms with Crippen molar-refractivity contribution in [1.29, 1.82) is 0 Å². The molecule has 3 heteroatoms. The summed E-state index contributed by atoms with van der Waals surface area (Å²) in [7, 11) is 0. The second-order valence-corrected chi connectivity index (χ2v) is 2.16.